The van der Waals surface area contributed by atoms with Crippen LogP contribution in [-0.2, 0) is 0 Å². The third kappa shape index (κ3) is 4.75. The van der Waals surface area contributed by atoms with Gasteiger partial charge in [-0.25, -0.2) is 0 Å². The van der Waals surface area contributed by atoms with Crippen LogP contribution < -0.4 is 5.73 Å². The van der Waals surface area contributed by atoms with Crippen LogP contribution >= 0.6 is 11.8 Å². The minimum Gasteiger partial charge on any atom is -0.327 e. The van der Waals surface area contributed by atoms with Gasteiger partial charge in [0.25, 0.3) is 0 Å². The van der Waals surface area contributed by atoms with Gasteiger partial charge in [-0.2, -0.15) is 11.8 Å². The van der Waals surface area contributed by atoms with Gasteiger partial charge in [0.2, 0.25) is 0 Å². The molecule has 0 heterocycles. The van der Waals surface area contributed by atoms with Gasteiger partial charge in [-0.3, -0.25) is 0 Å². The summed E-state index contributed by atoms with van der Waals surface area (Å²) in [6.45, 7) is 5.91. The molecule has 0 aromatic heterocycles. The highest BCUT2D eigenvalue weighted by molar-refractivity contribution is 8.00. The number of nitrogens with zero attached hydrogens (tertiary/aromatic N) is 1. The smallest absolute Gasteiger partial charge is 0.0204 e. The van der Waals surface area contributed by atoms with Crippen molar-refractivity contribution in [3.8, 4) is 0 Å². The summed E-state index contributed by atoms with van der Waals surface area (Å²) in [5.74, 6) is 1.21. The molecule has 0 spiro atoms. The molecule has 2 nitrogen and oxygen atoms in total. The van der Waals surface area contributed by atoms with Crippen LogP contribution in [0.15, 0.2) is 0 Å². The Hall–Kier alpha value is 0.270. The Morgan fingerprint density at radius 3 is 2.67 bits per heavy atom. The Labute approximate surface area is 99.0 Å². The van der Waals surface area contributed by atoms with Crippen molar-refractivity contribution >= 4 is 11.8 Å². The lowest BCUT2D eigenvalue weighted by molar-refractivity contribution is 0.232. The third-order valence-electron chi connectivity index (χ3n) is 3.26. The number of rotatable bonds is 4. The second kappa shape index (κ2) is 5.55. The molecule has 2 atom stereocenters. The third-order valence-corrected chi connectivity index (χ3v) is 4.62. The number of nitrogens with two attached hydrogens (primary N) is 1. The molecule has 0 aromatic rings. The standard InChI is InChI=1S/C12H26N2S/c1-12(2)6-5-10(13)11(9-12)15-8-7-14(3)4/h10-11H,5-9,13H2,1-4H3. The summed E-state index contributed by atoms with van der Waals surface area (Å²) in [5, 5.41) is 0.675. The van der Waals surface area contributed by atoms with Gasteiger partial charge in [0.15, 0.2) is 0 Å². The van der Waals surface area contributed by atoms with E-state index in [1.807, 2.05) is 0 Å². The SMILES string of the molecule is CN(C)CCSC1CC(C)(C)CCC1N. The Morgan fingerprint density at radius 2 is 2.07 bits per heavy atom. The maximum atomic E-state index is 6.18. The zero-order valence-electron chi connectivity index (χ0n) is 10.6. The van der Waals surface area contributed by atoms with E-state index >= 15 is 0 Å². The van der Waals surface area contributed by atoms with Gasteiger partial charge < -0.3 is 10.6 Å². The molecule has 90 valence electrons. The molecule has 1 saturated carbocycles. The van der Waals surface area contributed by atoms with Crippen molar-refractivity contribution in [1.29, 1.82) is 0 Å². The fourth-order valence-electron chi connectivity index (χ4n) is 2.11. The number of hydrogen-bond acceptors (Lipinski definition) is 3. The van der Waals surface area contributed by atoms with E-state index in [9.17, 15) is 0 Å². The van der Waals surface area contributed by atoms with Crippen LogP contribution in [0, 0.1) is 5.41 Å². The second-order valence-corrected chi connectivity index (χ2v) is 7.13. The molecule has 2 N–H and O–H groups in total. The van der Waals surface area contributed by atoms with E-state index in [0.29, 0.717) is 16.7 Å². The van der Waals surface area contributed by atoms with Gasteiger partial charge in [0.1, 0.15) is 0 Å². The molecule has 1 aliphatic rings. The van der Waals surface area contributed by atoms with Crippen molar-refractivity contribution in [1.82, 2.24) is 4.90 Å². The Bertz CT molecular complexity index is 192. The lowest BCUT2D eigenvalue weighted by Gasteiger charge is -2.39. The molecule has 0 bridgehead atoms. The lowest BCUT2D eigenvalue weighted by atomic mass is 9.75. The van der Waals surface area contributed by atoms with E-state index in [1.165, 1.54) is 25.0 Å². The quantitative estimate of drug-likeness (QED) is 0.803. The summed E-state index contributed by atoms with van der Waals surface area (Å²) in [4.78, 5) is 2.24. The second-order valence-electron chi connectivity index (χ2n) is 5.78. The first-order valence-electron chi connectivity index (χ1n) is 5.93. The van der Waals surface area contributed by atoms with Crippen molar-refractivity contribution in [2.45, 2.75) is 44.4 Å². The monoisotopic (exact) mass is 230 g/mol. The van der Waals surface area contributed by atoms with E-state index in [2.05, 4.69) is 44.6 Å². The van der Waals surface area contributed by atoms with Crippen molar-refractivity contribution in [3.63, 3.8) is 0 Å². The van der Waals surface area contributed by atoms with Crippen LogP contribution in [0.25, 0.3) is 0 Å². The Morgan fingerprint density at radius 1 is 1.40 bits per heavy atom. The molecule has 0 aromatic carbocycles. The molecule has 1 fully saturated rings. The van der Waals surface area contributed by atoms with Crippen LogP contribution in [0.4, 0.5) is 0 Å². The maximum absolute atomic E-state index is 6.18. The molecule has 15 heavy (non-hydrogen) atoms. The summed E-state index contributed by atoms with van der Waals surface area (Å²) in [6, 6.07) is 0.421. The molecule has 3 heteroatoms. The fourth-order valence-corrected chi connectivity index (χ4v) is 3.84. The van der Waals surface area contributed by atoms with Gasteiger partial charge in [0, 0.05) is 23.6 Å². The molecule has 0 radical (unpaired) electrons. The van der Waals surface area contributed by atoms with Crippen molar-refractivity contribution < 1.29 is 0 Å². The molecule has 1 rings (SSSR count). The predicted molar refractivity (Wildman–Crippen MR) is 70.4 cm³/mol. The van der Waals surface area contributed by atoms with Gasteiger partial charge >= 0.3 is 0 Å². The Balaban J connectivity index is 2.32. The summed E-state index contributed by atoms with van der Waals surface area (Å²) in [7, 11) is 4.26. The lowest BCUT2D eigenvalue weighted by Crippen LogP contribution is -2.41. The van der Waals surface area contributed by atoms with Gasteiger partial charge in [-0.05, 0) is 38.8 Å². The van der Waals surface area contributed by atoms with Crippen LogP contribution in [0.2, 0.25) is 0 Å². The Kier molecular flexibility index (Phi) is 4.94. The number of hydrogen-bond donors (Lipinski definition) is 1. The normalized spacial score (nSPS) is 30.8. The minimum absolute atomic E-state index is 0.421. The average Bonchev–Trinajstić information content (AvgIpc) is 2.10. The topological polar surface area (TPSA) is 29.3 Å². The van der Waals surface area contributed by atoms with E-state index in [0.717, 1.165) is 6.54 Å². The zero-order chi connectivity index (χ0) is 11.5. The van der Waals surface area contributed by atoms with Crippen LogP contribution in [0.5, 0.6) is 0 Å². The number of thioether (sulfide) groups is 1. The molecular weight excluding hydrogens is 204 g/mol. The van der Waals surface area contributed by atoms with Crippen LogP contribution in [0.3, 0.4) is 0 Å². The largest absolute Gasteiger partial charge is 0.327 e. The van der Waals surface area contributed by atoms with Gasteiger partial charge in [0.05, 0.1) is 0 Å². The summed E-state index contributed by atoms with van der Waals surface area (Å²) in [6.07, 6.45) is 3.78. The maximum Gasteiger partial charge on any atom is 0.0204 e. The average molecular weight is 230 g/mol. The van der Waals surface area contributed by atoms with Crippen LogP contribution in [0.1, 0.15) is 33.1 Å². The molecule has 0 saturated heterocycles. The van der Waals surface area contributed by atoms with Crippen LogP contribution in [-0.4, -0.2) is 42.6 Å². The van der Waals surface area contributed by atoms with E-state index < -0.39 is 0 Å². The highest BCUT2D eigenvalue weighted by Gasteiger charge is 2.32. The van der Waals surface area contributed by atoms with Crippen molar-refractivity contribution in [3.05, 3.63) is 0 Å². The van der Waals surface area contributed by atoms with Gasteiger partial charge in [-0.1, -0.05) is 13.8 Å². The van der Waals surface area contributed by atoms with E-state index in [4.69, 9.17) is 5.73 Å². The zero-order valence-corrected chi connectivity index (χ0v) is 11.4. The molecule has 2 unspecified atom stereocenters. The fraction of sp³-hybridized carbons (Fsp3) is 1.00. The first-order valence-corrected chi connectivity index (χ1v) is 6.97. The van der Waals surface area contributed by atoms with Crippen molar-refractivity contribution in [2.75, 3.05) is 26.4 Å². The highest BCUT2D eigenvalue weighted by atomic mass is 32.2. The molecule has 0 aliphatic heterocycles. The summed E-state index contributed by atoms with van der Waals surface area (Å²) >= 11 is 2.07. The minimum atomic E-state index is 0.421. The molecule has 1 aliphatic carbocycles. The summed E-state index contributed by atoms with van der Waals surface area (Å²) < 4.78 is 0. The predicted octanol–water partition coefficient (Wildman–Crippen LogP) is 2.19. The summed E-state index contributed by atoms with van der Waals surface area (Å²) in [5.41, 5.74) is 6.69. The molecule has 0 amide bonds. The van der Waals surface area contributed by atoms with Crippen molar-refractivity contribution in [2.24, 2.45) is 11.1 Å². The van der Waals surface area contributed by atoms with E-state index in [1.54, 1.807) is 0 Å². The first kappa shape index (κ1) is 13.3. The highest BCUT2D eigenvalue weighted by Crippen LogP contribution is 2.39. The first-order chi connectivity index (χ1) is 6.91. The van der Waals surface area contributed by atoms with E-state index in [-0.39, 0.29) is 0 Å². The van der Waals surface area contributed by atoms with Gasteiger partial charge in [-0.15, -0.1) is 0 Å². The molecular formula is C12H26N2S.